The summed E-state index contributed by atoms with van der Waals surface area (Å²) in [5, 5.41) is 14.8. The molecule has 0 heterocycles. The maximum atomic E-state index is 11.8. The highest BCUT2D eigenvalue weighted by Crippen LogP contribution is 2.03. The van der Waals surface area contributed by atoms with Crippen molar-refractivity contribution in [2.75, 3.05) is 26.3 Å². The van der Waals surface area contributed by atoms with Crippen LogP contribution in [0.3, 0.4) is 0 Å². The van der Waals surface area contributed by atoms with Crippen LogP contribution < -0.4 is 10.6 Å². The SMILES string of the molecule is CCOCCCNC(=O)/C(C#N)=C\NCCc1ccc(C)cc1. The number of nitriles is 1. The maximum absolute atomic E-state index is 11.8. The lowest BCUT2D eigenvalue weighted by molar-refractivity contribution is -0.117. The van der Waals surface area contributed by atoms with Gasteiger partial charge in [0, 0.05) is 32.5 Å². The van der Waals surface area contributed by atoms with Crippen molar-refractivity contribution in [3.8, 4) is 6.07 Å². The van der Waals surface area contributed by atoms with E-state index in [1.165, 1.54) is 17.3 Å². The molecule has 0 aromatic heterocycles. The monoisotopic (exact) mass is 315 g/mol. The van der Waals surface area contributed by atoms with E-state index in [1.54, 1.807) is 0 Å². The predicted molar refractivity (Wildman–Crippen MR) is 90.7 cm³/mol. The second-order valence-corrected chi connectivity index (χ2v) is 5.17. The summed E-state index contributed by atoms with van der Waals surface area (Å²) in [6, 6.07) is 10.2. The Kier molecular flexibility index (Phi) is 9.18. The summed E-state index contributed by atoms with van der Waals surface area (Å²) in [5.74, 6) is -0.355. The quantitative estimate of drug-likeness (QED) is 0.394. The molecular formula is C18H25N3O2. The van der Waals surface area contributed by atoms with Gasteiger partial charge in [0.1, 0.15) is 11.6 Å². The van der Waals surface area contributed by atoms with Gasteiger partial charge in [-0.15, -0.1) is 0 Å². The van der Waals surface area contributed by atoms with Crippen molar-refractivity contribution >= 4 is 5.91 Å². The van der Waals surface area contributed by atoms with Gasteiger partial charge in [0.25, 0.3) is 5.91 Å². The van der Waals surface area contributed by atoms with Gasteiger partial charge in [-0.3, -0.25) is 4.79 Å². The van der Waals surface area contributed by atoms with Crippen molar-refractivity contribution in [2.24, 2.45) is 0 Å². The standard InChI is InChI=1S/C18H25N3O2/c1-3-23-12-4-10-21-18(22)17(13-19)14-20-11-9-16-7-5-15(2)6-8-16/h5-8,14,20H,3-4,9-12H2,1-2H3,(H,21,22)/b17-14-. The van der Waals surface area contributed by atoms with Crippen molar-refractivity contribution < 1.29 is 9.53 Å². The number of aryl methyl sites for hydroxylation is 1. The Morgan fingerprint density at radius 2 is 2.04 bits per heavy atom. The summed E-state index contributed by atoms with van der Waals surface area (Å²) < 4.78 is 5.19. The minimum absolute atomic E-state index is 0.0883. The van der Waals surface area contributed by atoms with Crippen LogP contribution in [0, 0.1) is 18.3 Å². The van der Waals surface area contributed by atoms with Gasteiger partial charge in [0.15, 0.2) is 0 Å². The van der Waals surface area contributed by atoms with Crippen LogP contribution in [-0.4, -0.2) is 32.2 Å². The first-order valence-electron chi connectivity index (χ1n) is 7.92. The van der Waals surface area contributed by atoms with Crippen LogP contribution in [0.15, 0.2) is 36.0 Å². The number of hydrogen-bond acceptors (Lipinski definition) is 4. The third-order valence-electron chi connectivity index (χ3n) is 3.25. The molecule has 1 rings (SSSR count). The zero-order valence-electron chi connectivity index (χ0n) is 13.9. The minimum atomic E-state index is -0.355. The molecule has 0 fully saturated rings. The largest absolute Gasteiger partial charge is 0.389 e. The normalized spacial score (nSPS) is 10.9. The molecule has 1 aromatic rings. The fraction of sp³-hybridized carbons (Fsp3) is 0.444. The molecule has 0 aliphatic heterocycles. The zero-order valence-corrected chi connectivity index (χ0v) is 13.9. The van der Waals surface area contributed by atoms with Crippen LogP contribution in [0.25, 0.3) is 0 Å². The maximum Gasteiger partial charge on any atom is 0.263 e. The van der Waals surface area contributed by atoms with E-state index in [2.05, 4.69) is 41.8 Å². The fourth-order valence-electron chi connectivity index (χ4n) is 1.91. The number of ether oxygens (including phenoxy) is 1. The summed E-state index contributed by atoms with van der Waals surface area (Å²) in [6.07, 6.45) is 3.05. The smallest absolute Gasteiger partial charge is 0.263 e. The predicted octanol–water partition coefficient (Wildman–Crippen LogP) is 2.08. The van der Waals surface area contributed by atoms with Crippen molar-refractivity contribution in [1.29, 1.82) is 5.26 Å². The molecule has 5 nitrogen and oxygen atoms in total. The number of carbonyl (C=O) groups is 1. The van der Waals surface area contributed by atoms with E-state index in [4.69, 9.17) is 10.00 Å². The topological polar surface area (TPSA) is 74.1 Å². The summed E-state index contributed by atoms with van der Waals surface area (Å²) in [4.78, 5) is 11.8. The number of nitrogens with one attached hydrogen (secondary N) is 2. The molecule has 0 spiro atoms. The number of carbonyl (C=O) groups excluding carboxylic acids is 1. The van der Waals surface area contributed by atoms with E-state index in [1.807, 2.05) is 13.0 Å². The van der Waals surface area contributed by atoms with Gasteiger partial charge in [-0.25, -0.2) is 0 Å². The Bertz CT molecular complexity index is 544. The van der Waals surface area contributed by atoms with E-state index in [-0.39, 0.29) is 11.5 Å². The van der Waals surface area contributed by atoms with Gasteiger partial charge in [-0.1, -0.05) is 29.8 Å². The number of rotatable bonds is 10. The molecule has 1 aromatic carbocycles. The molecule has 2 N–H and O–H groups in total. The van der Waals surface area contributed by atoms with Crippen molar-refractivity contribution in [3.05, 3.63) is 47.2 Å². The molecule has 0 unspecified atom stereocenters. The Morgan fingerprint density at radius 3 is 2.70 bits per heavy atom. The molecule has 0 aliphatic rings. The second-order valence-electron chi connectivity index (χ2n) is 5.17. The summed E-state index contributed by atoms with van der Waals surface area (Å²) >= 11 is 0. The van der Waals surface area contributed by atoms with Crippen LogP contribution in [-0.2, 0) is 16.0 Å². The van der Waals surface area contributed by atoms with Gasteiger partial charge in [0.05, 0.1) is 0 Å². The Morgan fingerprint density at radius 1 is 1.30 bits per heavy atom. The average Bonchev–Trinajstić information content (AvgIpc) is 2.56. The summed E-state index contributed by atoms with van der Waals surface area (Å²) in [7, 11) is 0. The third-order valence-corrected chi connectivity index (χ3v) is 3.25. The van der Waals surface area contributed by atoms with Crippen molar-refractivity contribution in [2.45, 2.75) is 26.7 Å². The van der Waals surface area contributed by atoms with E-state index in [0.717, 1.165) is 12.8 Å². The molecule has 0 radical (unpaired) electrons. The lowest BCUT2D eigenvalue weighted by atomic mass is 10.1. The molecule has 0 bridgehead atoms. The second kappa shape index (κ2) is 11.3. The van der Waals surface area contributed by atoms with Crippen LogP contribution in [0.4, 0.5) is 0 Å². The molecule has 0 saturated carbocycles. The van der Waals surface area contributed by atoms with Crippen LogP contribution in [0.5, 0.6) is 0 Å². The molecule has 0 aliphatic carbocycles. The summed E-state index contributed by atoms with van der Waals surface area (Å²) in [6.45, 7) is 6.43. The molecule has 1 amide bonds. The Balaban J connectivity index is 2.30. The fourth-order valence-corrected chi connectivity index (χ4v) is 1.91. The third kappa shape index (κ3) is 8.03. The van der Waals surface area contributed by atoms with Crippen molar-refractivity contribution in [1.82, 2.24) is 10.6 Å². The van der Waals surface area contributed by atoms with E-state index in [9.17, 15) is 4.79 Å². The molecule has 5 heteroatoms. The highest BCUT2D eigenvalue weighted by molar-refractivity contribution is 5.97. The van der Waals surface area contributed by atoms with Gasteiger partial charge < -0.3 is 15.4 Å². The van der Waals surface area contributed by atoms with Gasteiger partial charge >= 0.3 is 0 Å². The molecule has 0 saturated heterocycles. The number of benzene rings is 1. The zero-order chi connectivity index (χ0) is 16.9. The Labute approximate surface area is 138 Å². The van der Waals surface area contributed by atoms with E-state index in [0.29, 0.717) is 26.3 Å². The summed E-state index contributed by atoms with van der Waals surface area (Å²) in [5.41, 5.74) is 2.54. The van der Waals surface area contributed by atoms with E-state index < -0.39 is 0 Å². The Hall–Kier alpha value is -2.32. The van der Waals surface area contributed by atoms with Crippen LogP contribution >= 0.6 is 0 Å². The minimum Gasteiger partial charge on any atom is -0.389 e. The lowest BCUT2D eigenvalue weighted by Crippen LogP contribution is -2.27. The lowest BCUT2D eigenvalue weighted by Gasteiger charge is -2.06. The number of amides is 1. The van der Waals surface area contributed by atoms with Crippen LogP contribution in [0.2, 0.25) is 0 Å². The highest BCUT2D eigenvalue weighted by Gasteiger charge is 2.07. The van der Waals surface area contributed by atoms with Gasteiger partial charge in [0.2, 0.25) is 0 Å². The highest BCUT2D eigenvalue weighted by atomic mass is 16.5. The first kappa shape index (κ1) is 18.7. The molecule has 23 heavy (non-hydrogen) atoms. The molecular weight excluding hydrogens is 290 g/mol. The first-order chi connectivity index (χ1) is 11.2. The molecule has 124 valence electrons. The number of hydrogen-bond donors (Lipinski definition) is 2. The number of nitrogens with zero attached hydrogens (tertiary/aromatic N) is 1. The van der Waals surface area contributed by atoms with E-state index >= 15 is 0 Å². The average molecular weight is 315 g/mol. The van der Waals surface area contributed by atoms with Crippen LogP contribution in [0.1, 0.15) is 24.5 Å². The first-order valence-corrected chi connectivity index (χ1v) is 7.92. The van der Waals surface area contributed by atoms with Gasteiger partial charge in [-0.2, -0.15) is 5.26 Å². The van der Waals surface area contributed by atoms with Gasteiger partial charge in [-0.05, 0) is 32.3 Å². The molecule has 0 atom stereocenters. The van der Waals surface area contributed by atoms with Crippen molar-refractivity contribution in [3.63, 3.8) is 0 Å².